The van der Waals surface area contributed by atoms with Crippen LogP contribution in [0.1, 0.15) is 76.8 Å². The van der Waals surface area contributed by atoms with Crippen LogP contribution in [0, 0.1) is 0 Å². The van der Waals surface area contributed by atoms with Crippen molar-refractivity contribution >= 4 is 185 Å². The molecule has 20 aromatic heterocycles. The number of aldehydes is 1. The lowest BCUT2D eigenvalue weighted by atomic mass is 10.2. The maximum absolute atomic E-state index is 13.3. The summed E-state index contributed by atoms with van der Waals surface area (Å²) in [6.45, 7) is 10.6. The molecule has 21 heterocycles. The maximum atomic E-state index is 13.3. The fourth-order valence-corrected chi connectivity index (χ4v) is 14.4. The third-order valence-electron chi connectivity index (χ3n) is 20.9. The van der Waals surface area contributed by atoms with Gasteiger partial charge in [-0.2, -0.15) is 73.2 Å². The van der Waals surface area contributed by atoms with Crippen molar-refractivity contribution in [2.45, 2.75) is 45.8 Å². The molecular weight excluding hydrogens is 1940 g/mol. The van der Waals surface area contributed by atoms with E-state index in [1.54, 1.807) is 119 Å². The van der Waals surface area contributed by atoms with Crippen molar-refractivity contribution in [3.8, 4) is 52.1 Å². The highest BCUT2D eigenvalue weighted by molar-refractivity contribution is 6.37. The third kappa shape index (κ3) is 21.7. The van der Waals surface area contributed by atoms with Crippen LogP contribution in [0.15, 0.2) is 186 Å². The highest BCUT2D eigenvalue weighted by Gasteiger charge is 2.31. The fraction of sp³-hybridized carbons (Fsp3) is 0.188. The average Bonchev–Trinajstić information content (AvgIpc) is 1.61. The van der Waals surface area contributed by atoms with Gasteiger partial charge in [-0.25, -0.2) is 54.7 Å². The molecule has 0 bridgehead atoms. The van der Waals surface area contributed by atoms with E-state index >= 15 is 0 Å². The predicted molar refractivity (Wildman–Crippen MR) is 516 cm³/mol. The number of piperazine rings is 1. The quantitative estimate of drug-likeness (QED) is 0.00249. The number of carbonyl (C=O) groups is 6. The lowest BCUT2D eigenvalue weighted by Gasteiger charge is -2.37. The van der Waals surface area contributed by atoms with E-state index in [-0.39, 0.29) is 87.1 Å². The summed E-state index contributed by atoms with van der Waals surface area (Å²) in [6.07, 6.45) is 16.9. The molecule has 3 atom stereocenters. The summed E-state index contributed by atoms with van der Waals surface area (Å²) in [7, 11) is 1.64. The summed E-state index contributed by atoms with van der Waals surface area (Å²) >= 11 is 11.0. The number of benzene rings is 1. The van der Waals surface area contributed by atoms with Crippen molar-refractivity contribution in [2.75, 3.05) is 110 Å². The molecule has 1 saturated heterocycles. The van der Waals surface area contributed by atoms with Gasteiger partial charge in [-0.15, -0.1) is 20.4 Å². The molecule has 1 aliphatic heterocycles. The lowest BCUT2D eigenvalue weighted by molar-refractivity contribution is -0.146. The van der Waals surface area contributed by atoms with Crippen LogP contribution < -0.4 is 65.9 Å². The Morgan fingerprint density at radius 3 is 1.48 bits per heavy atom. The Labute approximate surface area is 820 Å². The number of aliphatic carboxylic acids is 1. The van der Waals surface area contributed by atoms with Crippen molar-refractivity contribution in [3.05, 3.63) is 198 Å². The van der Waals surface area contributed by atoms with Crippen molar-refractivity contribution in [1.82, 2.24) is 149 Å². The molecule has 60 heteroatoms. The van der Waals surface area contributed by atoms with Crippen LogP contribution in [-0.4, -0.2) is 261 Å². The SMILES string of the molecule is CC(C(=O)O)n1ncc2c1nc(N)n1nc(-c3ccco3)nc21.CCOC(=O)C(C)n1ncc2c1nc(N)n1nc(-c3ccco3)nc21.COCCOc1ccc(N2CCN(C(=O)C(C)Nc3nc(N)n4nc(-c5ccco5)nc4c3C=[N+]=[N-])CC2)cc1.NNC(=O)c1ccco1.Nc1nc(Cl)c(C=O)c(Cl)n1.Nc1nc(NCC(=O)c2ccco2)c2cn[nH]c2n1.Nc1nc2[nH]ncc2c2nc(-c3ccco3)nn12. The zero-order valence-electron chi connectivity index (χ0n) is 76.3. The van der Waals surface area contributed by atoms with E-state index in [1.807, 2.05) is 34.6 Å². The zero-order chi connectivity index (χ0) is 102. The first-order chi connectivity index (χ1) is 70.2. The number of aromatic nitrogens is 28. The van der Waals surface area contributed by atoms with Gasteiger partial charge in [0.1, 0.15) is 58.0 Å². The van der Waals surface area contributed by atoms with Crippen LogP contribution in [-0.2, 0) is 23.9 Å². The van der Waals surface area contributed by atoms with Crippen LogP contribution in [0.5, 0.6) is 5.75 Å². The van der Waals surface area contributed by atoms with Gasteiger partial charge in [0.25, 0.3) is 6.21 Å². The molecule has 1 aromatic carbocycles. The Morgan fingerprint density at radius 1 is 0.531 bits per heavy atom. The number of anilines is 9. The number of rotatable bonds is 24. The van der Waals surface area contributed by atoms with Crippen molar-refractivity contribution in [1.29, 1.82) is 0 Å². The smallest absolute Gasteiger partial charge is 0.330 e. The van der Waals surface area contributed by atoms with Crippen molar-refractivity contribution in [2.24, 2.45) is 5.84 Å². The van der Waals surface area contributed by atoms with Crippen molar-refractivity contribution < 1.29 is 79.4 Å². The number of Topliss-reactive ketones (excluding diaryl/α,β-unsaturated/α-hetero) is 1. The third-order valence-corrected chi connectivity index (χ3v) is 21.5. The number of carbonyl (C=O) groups excluding carboxylic acids is 5. The number of nitrogen functional groups attached to an aromatic ring is 7. The van der Waals surface area contributed by atoms with Crippen LogP contribution in [0.4, 0.5) is 53.0 Å². The van der Waals surface area contributed by atoms with Gasteiger partial charge in [0, 0.05) is 39.0 Å². The molecule has 22 rings (SSSR count). The number of H-pyrrole nitrogens is 2. The molecule has 1 aliphatic rings. The number of nitrogens with two attached hydrogens (primary N) is 7. The molecule has 145 heavy (non-hydrogen) atoms. The Kier molecular flexibility index (Phi) is 29.8. The van der Waals surface area contributed by atoms with Gasteiger partial charge in [0.15, 0.2) is 86.0 Å². The number of ether oxygens (including phenoxy) is 3. The number of methoxy groups -OCH3 is 1. The topological polar surface area (TPSA) is 807 Å². The van der Waals surface area contributed by atoms with Gasteiger partial charge >= 0.3 is 17.8 Å². The lowest BCUT2D eigenvalue weighted by Crippen LogP contribution is -2.52. The van der Waals surface area contributed by atoms with E-state index < -0.39 is 36.0 Å². The van der Waals surface area contributed by atoms with Crippen LogP contribution in [0.25, 0.3) is 119 Å². The molecule has 58 nitrogen and oxygen atoms in total. The highest BCUT2D eigenvalue weighted by Crippen LogP contribution is 2.32. The second kappa shape index (κ2) is 43.9. The minimum atomic E-state index is -1.02. The number of hydrogen-bond donors (Lipinski definition) is 13. The minimum absolute atomic E-state index is 0.0301. The maximum Gasteiger partial charge on any atom is 0.330 e. The number of aromatic amines is 2. The molecule has 0 aliphatic carbocycles. The first-order valence-corrected chi connectivity index (χ1v) is 43.7. The highest BCUT2D eigenvalue weighted by atomic mass is 35.5. The van der Waals surface area contributed by atoms with E-state index in [0.29, 0.717) is 171 Å². The van der Waals surface area contributed by atoms with Gasteiger partial charge in [-0.05, 0) is 125 Å². The Balaban J connectivity index is 0.000000127. The largest absolute Gasteiger partial charge is 0.491 e. The molecule has 21 aromatic rings. The van der Waals surface area contributed by atoms with Crippen LogP contribution >= 0.6 is 23.2 Å². The number of hydrazine groups is 1. The molecule has 0 radical (unpaired) electrons. The molecule has 0 spiro atoms. The molecule has 20 N–H and O–H groups in total. The molecular formula is C85H82Cl2N42O16. The van der Waals surface area contributed by atoms with E-state index in [2.05, 4.69) is 131 Å². The first kappa shape index (κ1) is 98.3. The number of nitrogens with zero attached hydrogens (tertiary/aromatic N) is 30. The second-order valence-corrected chi connectivity index (χ2v) is 30.9. The normalized spacial score (nSPS) is 12.3. The Hall–Kier alpha value is -19.8. The Bertz CT molecular complexity index is 8160. The number of halogens is 2. The van der Waals surface area contributed by atoms with Gasteiger partial charge in [-0.1, -0.05) is 23.2 Å². The van der Waals surface area contributed by atoms with E-state index in [4.69, 9.17) is 109 Å². The minimum Gasteiger partial charge on any atom is -0.491 e. The zero-order valence-corrected chi connectivity index (χ0v) is 77.9. The predicted octanol–water partition coefficient (Wildman–Crippen LogP) is 6.92. The number of amides is 2. The number of carboxylic acids is 1. The summed E-state index contributed by atoms with van der Waals surface area (Å²) in [5, 5.41) is 56.5. The van der Waals surface area contributed by atoms with Crippen LogP contribution in [0.2, 0.25) is 10.3 Å². The van der Waals surface area contributed by atoms with Gasteiger partial charge in [-0.3, -0.25) is 34.8 Å². The molecule has 3 unspecified atom stereocenters. The van der Waals surface area contributed by atoms with Gasteiger partial charge in [0.2, 0.25) is 70.7 Å². The average molecular weight is 2020 g/mol. The molecule has 2 amide bonds. The van der Waals surface area contributed by atoms with E-state index in [9.17, 15) is 34.3 Å². The van der Waals surface area contributed by atoms with Gasteiger partial charge < -0.3 is 106 Å². The standard InChI is InChI=1S/C26H30N10O4.C15H15N7O3.C13H11N7O3.C11H10N6O2.C10H7N7O.C5H3Cl2N3O.C5H6N2O2/c1-17(25(37)35-11-9-34(10-12-35)18-5-7-19(8-6-18)39-15-14-38-2)30-22-20(16-29-28)24-31-23(21-4-3-13-40-21)33-36(24)26(27)32-22;1-3-24-14(23)8(2)21-13-9(7-17-21)12-18-11(10-5-4-6-25-10)20-22(12)15(16)19-13;1-6(12(21)22)19-11-7(5-15-19)10-16-9(8-3-2-4-23-8)18-20(10)13(14)17-11;12-11-15-9(6-4-14-17-10(6)16-11)13-5-7(18)8-2-1-3-19-8;11-10-14-7-5(4-12-15-7)9-13-8(16-17(9)10)6-2-1-3-18-6;6-3-2(1-11)4(7)10-5(8)9-3;6-7-5(8)4-2-1-3-9-4/h3-8,13,16-17,30H,9-12,14-15H2,1-2H3,(H2,27,32);4-8H,3H2,1-2H3,(H2,16,19);2-6H,1H3,(H2,14,17)(H,21,22);1-4H,5H2,(H4,12,13,14,15,16,17);1-4H,(H3,11,12,14,15);1H,(H2,8,9,10);1-3H,6H2,(H,7,8). The second-order valence-electron chi connectivity index (χ2n) is 30.2. The van der Waals surface area contributed by atoms with Crippen LogP contribution in [0.3, 0.4) is 0 Å². The molecule has 742 valence electrons. The van der Waals surface area contributed by atoms with Crippen molar-refractivity contribution in [3.63, 3.8) is 0 Å². The summed E-state index contributed by atoms with van der Waals surface area (Å²) < 4.78 is 55.0. The number of ketones is 1. The number of esters is 1. The fourth-order valence-electron chi connectivity index (χ4n) is 13.9. The van der Waals surface area contributed by atoms with E-state index in [1.165, 1.54) is 84.1 Å². The molecule has 1 fully saturated rings. The Morgan fingerprint density at radius 2 is 1.00 bits per heavy atom. The monoisotopic (exact) mass is 2020 g/mol. The number of carboxylic acid groups (broad SMARTS) is 1. The molecule has 0 saturated carbocycles. The van der Waals surface area contributed by atoms with Gasteiger partial charge in [0.05, 0.1) is 109 Å². The summed E-state index contributed by atoms with van der Waals surface area (Å²) in [4.78, 5) is 126. The number of furan rings is 6. The summed E-state index contributed by atoms with van der Waals surface area (Å²) in [5.41, 5.74) is 51.0. The number of nitrogens with one attached hydrogen (secondary N) is 5. The summed E-state index contributed by atoms with van der Waals surface area (Å²) in [6, 6.07) is 26.1. The van der Waals surface area contributed by atoms with E-state index in [0.717, 1.165) is 16.8 Å². The number of fused-ring (bicyclic) bond motifs is 11. The summed E-state index contributed by atoms with van der Waals surface area (Å²) in [5.74, 6) is 8.77. The first-order valence-electron chi connectivity index (χ1n) is 42.9. The number of hydrogen-bond acceptors (Lipinski definition) is 45.